The van der Waals surface area contributed by atoms with Gasteiger partial charge in [-0.1, -0.05) is 18.2 Å². The number of alkyl halides is 6. The molecule has 2 fully saturated rings. The van der Waals surface area contributed by atoms with E-state index in [0.717, 1.165) is 11.3 Å². The maximum atomic E-state index is 13.9. The number of nitrogens with one attached hydrogen (secondary N) is 1. The fourth-order valence-corrected chi connectivity index (χ4v) is 7.05. The van der Waals surface area contributed by atoms with Crippen LogP contribution in [-0.2, 0) is 38.5 Å². The molecule has 3 aromatic rings. The van der Waals surface area contributed by atoms with Crippen LogP contribution in [0.4, 0.5) is 48.2 Å². The Morgan fingerprint density at radius 2 is 1.48 bits per heavy atom. The number of anilines is 3. The first kappa shape index (κ1) is 34.8. The molecule has 50 heavy (non-hydrogen) atoms. The van der Waals surface area contributed by atoms with Gasteiger partial charge in [-0.25, -0.2) is 4.79 Å². The Morgan fingerprint density at radius 3 is 2.08 bits per heavy atom. The van der Waals surface area contributed by atoms with Crippen molar-refractivity contribution < 1.29 is 45.5 Å². The molecule has 3 aliphatic heterocycles. The first-order chi connectivity index (χ1) is 23.6. The summed E-state index contributed by atoms with van der Waals surface area (Å²) in [6.07, 6.45) is -9.66. The van der Waals surface area contributed by atoms with Gasteiger partial charge in [0.25, 0.3) is 5.91 Å². The number of halogens is 6. The number of piperidine rings is 1. The molecule has 1 atom stereocenters. The molecule has 3 amide bonds. The minimum Gasteiger partial charge on any atom is -0.436 e. The second-order valence-electron chi connectivity index (χ2n) is 12.7. The number of carbonyl (C=O) groups excluding carboxylic acids is 3. The highest BCUT2D eigenvalue weighted by molar-refractivity contribution is 5.95. The van der Waals surface area contributed by atoms with Gasteiger partial charge in [0.1, 0.15) is 0 Å². The van der Waals surface area contributed by atoms with Crippen molar-refractivity contribution in [1.29, 1.82) is 0 Å². The maximum absolute atomic E-state index is 13.9. The first-order valence-corrected chi connectivity index (χ1v) is 16.0. The monoisotopic (exact) mass is 704 g/mol. The lowest BCUT2D eigenvalue weighted by Gasteiger charge is -2.44. The summed E-state index contributed by atoms with van der Waals surface area (Å²) in [6.45, 7) is 1.35. The van der Waals surface area contributed by atoms with Crippen LogP contribution in [0.25, 0.3) is 0 Å². The molecule has 0 unspecified atom stereocenters. The number of nitrogens with zero attached hydrogens (tertiary/aromatic N) is 4. The van der Waals surface area contributed by atoms with Gasteiger partial charge in [0.15, 0.2) is 6.10 Å². The van der Waals surface area contributed by atoms with Gasteiger partial charge in [-0.15, -0.1) is 0 Å². The highest BCUT2D eigenvalue weighted by Gasteiger charge is 2.45. The average molecular weight is 705 g/mol. The zero-order chi connectivity index (χ0) is 35.8. The van der Waals surface area contributed by atoms with Crippen LogP contribution in [0.3, 0.4) is 0 Å². The smallest absolute Gasteiger partial charge is 0.418 e. The molecule has 3 N–H and O–H groups in total. The van der Waals surface area contributed by atoms with Crippen molar-refractivity contribution in [3.63, 3.8) is 0 Å². The summed E-state index contributed by atoms with van der Waals surface area (Å²) in [4.78, 5) is 48.7. The van der Waals surface area contributed by atoms with Gasteiger partial charge in [0.05, 0.1) is 16.8 Å². The quantitative estimate of drug-likeness (QED) is 0.267. The van der Waals surface area contributed by atoms with E-state index in [9.17, 15) is 40.7 Å². The number of nitrogen functional groups attached to an aromatic ring is 1. The summed E-state index contributed by atoms with van der Waals surface area (Å²) in [6, 6.07) is 11.9. The minimum atomic E-state index is -5.22. The van der Waals surface area contributed by atoms with Gasteiger partial charge in [0.2, 0.25) is 5.91 Å². The van der Waals surface area contributed by atoms with Gasteiger partial charge in [-0.2, -0.15) is 26.3 Å². The number of likely N-dealkylation sites (tertiary alicyclic amines) is 1. The van der Waals surface area contributed by atoms with Crippen molar-refractivity contribution in [2.45, 2.75) is 49.6 Å². The molecule has 4 heterocycles. The minimum absolute atomic E-state index is 0.143. The Balaban J connectivity index is 1.24. The van der Waals surface area contributed by atoms with E-state index in [2.05, 4.69) is 10.3 Å². The van der Waals surface area contributed by atoms with Crippen LogP contribution in [-0.4, -0.2) is 78.1 Å². The zero-order valence-electron chi connectivity index (χ0n) is 26.7. The number of benzene rings is 2. The van der Waals surface area contributed by atoms with Crippen molar-refractivity contribution in [3.05, 3.63) is 83.2 Å². The Labute approximate surface area is 283 Å². The number of hydrogen-bond acceptors (Lipinski definition) is 7. The number of hydrogen-bond donors (Lipinski definition) is 2. The lowest BCUT2D eigenvalue weighted by atomic mass is 9.68. The highest BCUT2D eigenvalue weighted by atomic mass is 19.4. The van der Waals surface area contributed by atoms with E-state index in [1.807, 2.05) is 17.0 Å². The molecule has 0 radical (unpaired) electrons. The van der Waals surface area contributed by atoms with E-state index < -0.39 is 64.7 Å². The molecule has 1 spiro atoms. The number of piperazine rings is 1. The summed E-state index contributed by atoms with van der Waals surface area (Å²) < 4.78 is 88.7. The SMILES string of the molecule is Nc1c(C(F)(F)F)cc(C[C@@H](OC(=O)N2CCC3(CC2)CC(=O)Nc2ccccc23)C(=O)N2CCN(c3ccncc3)CC2)cc1C(F)(F)F. The van der Waals surface area contributed by atoms with Gasteiger partial charge >= 0.3 is 18.4 Å². The molecule has 2 saturated heterocycles. The summed E-state index contributed by atoms with van der Waals surface area (Å²) in [5.41, 5.74) is 1.86. The van der Waals surface area contributed by atoms with Gasteiger partial charge in [-0.05, 0) is 54.3 Å². The summed E-state index contributed by atoms with van der Waals surface area (Å²) >= 11 is 0. The van der Waals surface area contributed by atoms with Crippen LogP contribution in [0.5, 0.6) is 0 Å². The second kappa shape index (κ2) is 13.4. The number of nitrogens with two attached hydrogens (primary N) is 1. The molecule has 0 saturated carbocycles. The Hall–Kier alpha value is -5.02. The third kappa shape index (κ3) is 7.14. The molecule has 2 aromatic carbocycles. The van der Waals surface area contributed by atoms with E-state index >= 15 is 0 Å². The van der Waals surface area contributed by atoms with Crippen LogP contribution < -0.4 is 16.0 Å². The third-order valence-electron chi connectivity index (χ3n) is 9.66. The molecule has 6 rings (SSSR count). The summed E-state index contributed by atoms with van der Waals surface area (Å²) in [5.74, 6) is -0.910. The van der Waals surface area contributed by atoms with E-state index in [0.29, 0.717) is 43.8 Å². The van der Waals surface area contributed by atoms with Crippen LogP contribution in [0, 0.1) is 0 Å². The normalized spacial score (nSPS) is 18.4. The van der Waals surface area contributed by atoms with E-state index in [-0.39, 0.29) is 38.5 Å². The van der Waals surface area contributed by atoms with Crippen LogP contribution in [0.2, 0.25) is 0 Å². The van der Waals surface area contributed by atoms with E-state index in [1.165, 1.54) is 9.80 Å². The Bertz CT molecular complexity index is 1720. The number of aromatic nitrogens is 1. The molecule has 10 nitrogen and oxygen atoms in total. The molecular weight excluding hydrogens is 670 g/mol. The first-order valence-electron chi connectivity index (χ1n) is 16.0. The van der Waals surface area contributed by atoms with E-state index in [1.54, 1.807) is 36.7 Å². The molecular formula is C34H34F6N6O4. The van der Waals surface area contributed by atoms with Gasteiger partial charge < -0.3 is 30.5 Å². The van der Waals surface area contributed by atoms with Crippen molar-refractivity contribution in [1.82, 2.24) is 14.8 Å². The van der Waals surface area contributed by atoms with Gasteiger partial charge in [0, 0.05) is 81.3 Å². The Morgan fingerprint density at radius 1 is 0.880 bits per heavy atom. The standard InChI is InChI=1S/C34H34F6N6O4/c35-33(36,37)24-17-21(18-25(29(24)41)34(38,39)40)19-27(30(48)45-15-13-44(14-16-45)22-5-9-42-10-6-22)50-31(49)46-11-7-32(8-12-46)20-28(47)43-26-4-2-1-3-23(26)32/h1-6,9-10,17-18,27H,7-8,11-16,19-20,41H2,(H,43,47)/t27-/m1/s1. The third-order valence-corrected chi connectivity index (χ3v) is 9.66. The Kier molecular flexibility index (Phi) is 9.31. The van der Waals surface area contributed by atoms with Gasteiger partial charge in [-0.3, -0.25) is 14.6 Å². The fraction of sp³-hybridized carbons (Fsp3) is 0.412. The number of pyridine rings is 1. The zero-order valence-corrected chi connectivity index (χ0v) is 26.7. The lowest BCUT2D eigenvalue weighted by molar-refractivity contribution is -0.141. The molecule has 0 aliphatic carbocycles. The maximum Gasteiger partial charge on any atom is 0.418 e. The van der Waals surface area contributed by atoms with Crippen LogP contribution >= 0.6 is 0 Å². The van der Waals surface area contributed by atoms with Crippen molar-refractivity contribution in [2.24, 2.45) is 0 Å². The number of rotatable bonds is 5. The molecule has 16 heteroatoms. The number of ether oxygens (including phenoxy) is 1. The highest BCUT2D eigenvalue weighted by Crippen LogP contribution is 2.45. The fourth-order valence-electron chi connectivity index (χ4n) is 7.05. The number of carbonyl (C=O) groups is 3. The number of para-hydroxylation sites is 1. The predicted octanol–water partition coefficient (Wildman–Crippen LogP) is 5.47. The van der Waals surface area contributed by atoms with Crippen LogP contribution in [0.1, 0.15) is 41.5 Å². The largest absolute Gasteiger partial charge is 0.436 e. The molecule has 1 aromatic heterocycles. The van der Waals surface area contributed by atoms with E-state index in [4.69, 9.17) is 10.5 Å². The summed E-state index contributed by atoms with van der Waals surface area (Å²) in [5, 5.41) is 2.86. The second-order valence-corrected chi connectivity index (χ2v) is 12.7. The van der Waals surface area contributed by atoms with Crippen molar-refractivity contribution >= 4 is 35.0 Å². The molecule has 266 valence electrons. The molecule has 3 aliphatic rings. The average Bonchev–Trinajstić information content (AvgIpc) is 3.08. The molecule has 0 bridgehead atoms. The number of amides is 3. The van der Waals surface area contributed by atoms with Crippen molar-refractivity contribution in [2.75, 3.05) is 55.2 Å². The topological polar surface area (TPSA) is 121 Å². The van der Waals surface area contributed by atoms with Crippen molar-refractivity contribution in [3.8, 4) is 0 Å². The van der Waals surface area contributed by atoms with Crippen LogP contribution in [0.15, 0.2) is 60.9 Å². The predicted molar refractivity (Wildman–Crippen MR) is 170 cm³/mol. The number of fused-ring (bicyclic) bond motifs is 2. The lowest BCUT2D eigenvalue weighted by Crippen LogP contribution is -2.54. The summed E-state index contributed by atoms with van der Waals surface area (Å²) in [7, 11) is 0.